The number of carbonyl (C=O) groups is 1. The minimum absolute atomic E-state index is 0.135. The van der Waals surface area contributed by atoms with Crippen molar-refractivity contribution in [2.24, 2.45) is 0 Å². The first kappa shape index (κ1) is 17.2. The van der Waals surface area contributed by atoms with Crippen LogP contribution in [0.3, 0.4) is 0 Å². The zero-order chi connectivity index (χ0) is 19.6. The van der Waals surface area contributed by atoms with E-state index in [4.69, 9.17) is 32.7 Å². The maximum Gasteiger partial charge on any atom is 0.339 e. The molecule has 0 fully saturated rings. The highest BCUT2D eigenvalue weighted by Crippen LogP contribution is 2.55. The second-order valence-corrected chi connectivity index (χ2v) is 7.49. The molecule has 2 aliphatic heterocycles. The first-order valence-corrected chi connectivity index (χ1v) is 9.22. The molecule has 3 aromatic carbocycles. The van der Waals surface area contributed by atoms with Gasteiger partial charge in [0.15, 0.2) is 0 Å². The molecule has 28 heavy (non-hydrogen) atoms. The lowest BCUT2D eigenvalue weighted by Gasteiger charge is -2.32. The molecule has 0 amide bonds. The molecule has 140 valence electrons. The molecule has 5 nitrogen and oxygen atoms in total. The number of cyclic esters (lactones) is 1. The van der Waals surface area contributed by atoms with Gasteiger partial charge >= 0.3 is 5.97 Å². The molecule has 2 N–H and O–H groups in total. The fourth-order valence-electron chi connectivity index (χ4n) is 3.81. The minimum atomic E-state index is -0.633. The number of rotatable bonds is 1. The van der Waals surface area contributed by atoms with Crippen LogP contribution in [0.5, 0.6) is 23.0 Å². The van der Waals surface area contributed by atoms with E-state index >= 15 is 0 Å². The third-order valence-electron chi connectivity index (χ3n) is 5.07. The summed E-state index contributed by atoms with van der Waals surface area (Å²) in [5.74, 6) is -0.440. The van der Waals surface area contributed by atoms with Gasteiger partial charge in [-0.1, -0.05) is 41.4 Å². The van der Waals surface area contributed by atoms with Crippen LogP contribution in [0, 0.1) is 0 Å². The van der Waals surface area contributed by atoms with Crippen LogP contribution >= 0.6 is 23.2 Å². The van der Waals surface area contributed by atoms with Crippen molar-refractivity contribution in [3.63, 3.8) is 0 Å². The Morgan fingerprint density at radius 1 is 0.821 bits per heavy atom. The number of aromatic hydroxyl groups is 2. The molecule has 5 rings (SSSR count). The van der Waals surface area contributed by atoms with Gasteiger partial charge in [-0.05, 0) is 18.2 Å². The number of benzene rings is 3. The molecule has 1 unspecified atom stereocenters. The molecular weight excluding hydrogens is 403 g/mol. The van der Waals surface area contributed by atoms with Crippen LogP contribution in [0.1, 0.15) is 39.1 Å². The van der Waals surface area contributed by atoms with E-state index in [0.29, 0.717) is 28.2 Å². The van der Waals surface area contributed by atoms with Gasteiger partial charge in [0.25, 0.3) is 0 Å². The standard InChI is InChI=1S/C21H12Cl2O5/c22-13-5-11-17(7-15(13)24)27-18-8-16(25)14(23)6-12(18)19(11)20-9-3-1-2-4-10(9)21(26)28-20/h1-8,19-20,24-25H. The zero-order valence-corrected chi connectivity index (χ0v) is 15.7. The van der Waals surface area contributed by atoms with Crippen molar-refractivity contribution >= 4 is 29.2 Å². The van der Waals surface area contributed by atoms with E-state index in [2.05, 4.69) is 0 Å². The summed E-state index contributed by atoms with van der Waals surface area (Å²) in [5, 5.41) is 20.3. The Morgan fingerprint density at radius 2 is 1.39 bits per heavy atom. The van der Waals surface area contributed by atoms with Crippen molar-refractivity contribution in [2.75, 3.05) is 0 Å². The van der Waals surface area contributed by atoms with Crippen molar-refractivity contribution in [2.45, 2.75) is 12.0 Å². The summed E-state index contributed by atoms with van der Waals surface area (Å²) in [6.45, 7) is 0. The number of ether oxygens (including phenoxy) is 2. The summed E-state index contributed by atoms with van der Waals surface area (Å²) in [5.41, 5.74) is 2.53. The summed E-state index contributed by atoms with van der Waals surface area (Å²) < 4.78 is 11.6. The Kier molecular flexibility index (Phi) is 3.73. The van der Waals surface area contributed by atoms with Gasteiger partial charge in [-0.25, -0.2) is 4.79 Å². The van der Waals surface area contributed by atoms with E-state index in [1.165, 1.54) is 12.1 Å². The Balaban J connectivity index is 1.77. The molecule has 0 aliphatic carbocycles. The molecule has 0 saturated carbocycles. The smallest absolute Gasteiger partial charge is 0.339 e. The molecule has 0 radical (unpaired) electrons. The van der Waals surface area contributed by atoms with E-state index in [-0.39, 0.29) is 21.5 Å². The Morgan fingerprint density at radius 3 is 2.00 bits per heavy atom. The number of hydrogen-bond acceptors (Lipinski definition) is 5. The van der Waals surface area contributed by atoms with Crippen LogP contribution in [-0.4, -0.2) is 16.2 Å². The molecule has 7 heteroatoms. The summed E-state index contributed by atoms with van der Waals surface area (Å²) in [4.78, 5) is 12.4. The Hall–Kier alpha value is -2.89. The van der Waals surface area contributed by atoms with Crippen molar-refractivity contribution in [1.82, 2.24) is 0 Å². The van der Waals surface area contributed by atoms with Crippen LogP contribution < -0.4 is 4.74 Å². The third kappa shape index (κ3) is 2.44. The molecule has 0 spiro atoms. The second-order valence-electron chi connectivity index (χ2n) is 6.68. The average molecular weight is 415 g/mol. The number of esters is 1. The number of phenolic OH excluding ortho intramolecular Hbond substituents is 2. The van der Waals surface area contributed by atoms with Crippen LogP contribution in [-0.2, 0) is 4.74 Å². The molecule has 2 aliphatic rings. The lowest BCUT2D eigenvalue weighted by molar-refractivity contribution is 0.0345. The van der Waals surface area contributed by atoms with Crippen LogP contribution in [0.25, 0.3) is 0 Å². The Labute approximate surface area is 169 Å². The first-order chi connectivity index (χ1) is 13.4. The second kappa shape index (κ2) is 6.06. The van der Waals surface area contributed by atoms with Gasteiger partial charge in [-0.2, -0.15) is 0 Å². The van der Waals surface area contributed by atoms with Crippen LogP contribution in [0.2, 0.25) is 10.0 Å². The summed E-state index contributed by atoms with van der Waals surface area (Å²) in [6, 6.07) is 13.2. The largest absolute Gasteiger partial charge is 0.506 e. The fourth-order valence-corrected chi connectivity index (χ4v) is 4.16. The molecule has 3 aromatic rings. The summed E-state index contributed by atoms with van der Waals surface area (Å²) >= 11 is 12.3. The molecule has 0 saturated heterocycles. The maximum absolute atomic E-state index is 12.4. The van der Waals surface area contributed by atoms with Crippen LogP contribution in [0.4, 0.5) is 0 Å². The number of phenols is 2. The molecule has 1 atom stereocenters. The summed E-state index contributed by atoms with van der Waals surface area (Å²) in [7, 11) is 0. The third-order valence-corrected chi connectivity index (χ3v) is 5.68. The molecule has 2 heterocycles. The Bertz CT molecular complexity index is 1100. The number of carbonyl (C=O) groups excluding carboxylic acids is 1. The molecular formula is C21H12Cl2O5. The van der Waals surface area contributed by atoms with Gasteiger partial charge in [-0.3, -0.25) is 0 Å². The highest BCUT2D eigenvalue weighted by Gasteiger charge is 2.42. The van der Waals surface area contributed by atoms with Gasteiger partial charge in [-0.15, -0.1) is 0 Å². The van der Waals surface area contributed by atoms with Crippen molar-refractivity contribution in [1.29, 1.82) is 0 Å². The van der Waals surface area contributed by atoms with Gasteiger partial charge in [0.1, 0.15) is 29.1 Å². The maximum atomic E-state index is 12.4. The van der Waals surface area contributed by atoms with E-state index < -0.39 is 18.0 Å². The number of halogens is 2. The van der Waals surface area contributed by atoms with E-state index in [1.807, 2.05) is 12.1 Å². The van der Waals surface area contributed by atoms with Crippen molar-refractivity contribution in [3.05, 3.63) is 80.8 Å². The predicted molar refractivity (Wildman–Crippen MR) is 103 cm³/mol. The average Bonchev–Trinajstić information content (AvgIpc) is 3.00. The van der Waals surface area contributed by atoms with Crippen molar-refractivity contribution < 1.29 is 24.5 Å². The first-order valence-electron chi connectivity index (χ1n) is 8.46. The highest BCUT2D eigenvalue weighted by atomic mass is 35.5. The fraction of sp³-hybridized carbons (Fsp3) is 0.0952. The molecule has 0 aromatic heterocycles. The predicted octanol–water partition coefficient (Wildman–Crippen LogP) is 5.55. The highest BCUT2D eigenvalue weighted by molar-refractivity contribution is 6.32. The normalized spacial score (nSPS) is 17.4. The summed E-state index contributed by atoms with van der Waals surface area (Å²) in [6.07, 6.45) is -0.633. The SMILES string of the molecule is O=C1OC(C2c3cc(Cl)c(O)cc3Oc3cc(O)c(Cl)cc32)c2ccccc21. The van der Waals surface area contributed by atoms with Gasteiger partial charge in [0.2, 0.25) is 0 Å². The monoisotopic (exact) mass is 414 g/mol. The lowest BCUT2D eigenvalue weighted by Crippen LogP contribution is -2.18. The zero-order valence-electron chi connectivity index (χ0n) is 14.1. The number of fused-ring (bicyclic) bond motifs is 3. The topological polar surface area (TPSA) is 76.0 Å². The van der Waals surface area contributed by atoms with Crippen LogP contribution in [0.15, 0.2) is 48.5 Å². The van der Waals surface area contributed by atoms with Gasteiger partial charge in [0.05, 0.1) is 21.5 Å². The quantitative estimate of drug-likeness (QED) is 0.510. The van der Waals surface area contributed by atoms with E-state index in [1.54, 1.807) is 24.3 Å². The van der Waals surface area contributed by atoms with Gasteiger partial charge < -0.3 is 19.7 Å². The van der Waals surface area contributed by atoms with E-state index in [9.17, 15) is 15.0 Å². The number of hydrogen-bond donors (Lipinski definition) is 2. The van der Waals surface area contributed by atoms with E-state index in [0.717, 1.165) is 5.56 Å². The van der Waals surface area contributed by atoms with Crippen molar-refractivity contribution in [3.8, 4) is 23.0 Å². The van der Waals surface area contributed by atoms with Gasteiger partial charge in [0, 0.05) is 28.8 Å². The lowest BCUT2D eigenvalue weighted by atomic mass is 9.81. The minimum Gasteiger partial charge on any atom is -0.506 e. The molecule has 0 bridgehead atoms.